The van der Waals surface area contributed by atoms with E-state index in [2.05, 4.69) is 83.0 Å². The lowest BCUT2D eigenvalue weighted by Crippen LogP contribution is -2.05. The number of hydrogen-bond donors (Lipinski definition) is 3. The summed E-state index contributed by atoms with van der Waals surface area (Å²) >= 11 is 0. The number of nitrogen functional groups attached to an aromatic ring is 1. The van der Waals surface area contributed by atoms with E-state index < -0.39 is 0 Å². The van der Waals surface area contributed by atoms with Gasteiger partial charge in [-0.1, -0.05) is 66.7 Å². The Morgan fingerprint density at radius 2 is 1.24 bits per heavy atom. The normalized spacial score (nSPS) is 11.5. The molecule has 0 bridgehead atoms. The summed E-state index contributed by atoms with van der Waals surface area (Å²) in [5.41, 5.74) is 13.7. The van der Waals surface area contributed by atoms with E-state index in [1.165, 1.54) is 21.9 Å². The van der Waals surface area contributed by atoms with Crippen LogP contribution >= 0.6 is 0 Å². The van der Waals surface area contributed by atoms with Gasteiger partial charge in [0.05, 0.1) is 5.69 Å². The molecule has 0 amide bonds. The zero-order chi connectivity index (χ0) is 23.1. The predicted octanol–water partition coefficient (Wildman–Crippen LogP) is 7.51. The molecule has 6 rings (SSSR count). The monoisotopic (exact) mass is 443 g/mol. The van der Waals surface area contributed by atoms with Crippen LogP contribution in [0.4, 0.5) is 5.69 Å². The zero-order valence-corrected chi connectivity index (χ0v) is 18.9. The summed E-state index contributed by atoms with van der Waals surface area (Å²) in [4.78, 5) is 6.93. The minimum absolute atomic E-state index is 0.0475. The van der Waals surface area contributed by atoms with Crippen molar-refractivity contribution < 1.29 is 4.74 Å². The number of para-hydroxylation sites is 4. The third-order valence-corrected chi connectivity index (χ3v) is 6.55. The molecule has 4 nitrogen and oxygen atoms in total. The fourth-order valence-corrected chi connectivity index (χ4v) is 4.90. The van der Waals surface area contributed by atoms with Gasteiger partial charge >= 0.3 is 0 Å². The summed E-state index contributed by atoms with van der Waals surface area (Å²) in [6.45, 7) is 2.02. The van der Waals surface area contributed by atoms with Crippen molar-refractivity contribution in [2.75, 3.05) is 5.73 Å². The minimum atomic E-state index is -0.0475. The third-order valence-electron chi connectivity index (χ3n) is 6.55. The molecule has 0 spiro atoms. The maximum absolute atomic E-state index is 6.53. The van der Waals surface area contributed by atoms with E-state index in [-0.39, 0.29) is 5.92 Å². The molecule has 0 atom stereocenters. The van der Waals surface area contributed by atoms with Gasteiger partial charge in [-0.3, -0.25) is 0 Å². The molecule has 4 heteroatoms. The second-order valence-corrected chi connectivity index (χ2v) is 8.65. The summed E-state index contributed by atoms with van der Waals surface area (Å²) in [5.74, 6) is 1.45. The first-order valence-electron chi connectivity index (χ1n) is 11.4. The minimum Gasteiger partial charge on any atom is -0.455 e. The Morgan fingerprint density at radius 1 is 0.647 bits per heavy atom. The van der Waals surface area contributed by atoms with Crippen LogP contribution in [0.5, 0.6) is 11.5 Å². The average molecular weight is 444 g/mol. The molecular weight excluding hydrogens is 418 g/mol. The number of nitrogens with one attached hydrogen (secondary N) is 2. The smallest absolute Gasteiger partial charge is 0.153 e. The number of anilines is 1. The van der Waals surface area contributed by atoms with Crippen molar-refractivity contribution in [3.05, 3.63) is 126 Å². The first kappa shape index (κ1) is 20.2. The van der Waals surface area contributed by atoms with Gasteiger partial charge < -0.3 is 20.4 Å². The molecule has 4 aromatic carbocycles. The van der Waals surface area contributed by atoms with Gasteiger partial charge in [0.2, 0.25) is 0 Å². The number of rotatable bonds is 5. The van der Waals surface area contributed by atoms with Crippen LogP contribution in [0.1, 0.15) is 28.2 Å². The van der Waals surface area contributed by atoms with Gasteiger partial charge in [0.1, 0.15) is 5.75 Å². The highest BCUT2D eigenvalue weighted by Crippen LogP contribution is 2.44. The number of aryl methyl sites for hydroxylation is 1. The number of hydrogen-bond acceptors (Lipinski definition) is 2. The molecular formula is C30H25N3O. The van der Waals surface area contributed by atoms with E-state index >= 15 is 0 Å². The molecule has 6 aromatic rings. The van der Waals surface area contributed by atoms with E-state index in [1.54, 1.807) is 0 Å². The number of nitrogens with two attached hydrogens (primary N) is 1. The topological polar surface area (TPSA) is 66.8 Å². The van der Waals surface area contributed by atoms with Crippen LogP contribution in [-0.2, 0) is 0 Å². The quantitative estimate of drug-likeness (QED) is 0.241. The summed E-state index contributed by atoms with van der Waals surface area (Å²) < 4.78 is 6.53. The Balaban J connectivity index is 1.59. The highest BCUT2D eigenvalue weighted by Gasteiger charge is 2.26. The van der Waals surface area contributed by atoms with Crippen LogP contribution in [0, 0.1) is 6.92 Å². The van der Waals surface area contributed by atoms with E-state index in [1.807, 2.05) is 37.3 Å². The summed E-state index contributed by atoms with van der Waals surface area (Å²) in [5, 5.41) is 2.39. The number of benzene rings is 4. The van der Waals surface area contributed by atoms with Gasteiger partial charge in [0, 0.05) is 45.7 Å². The highest BCUT2D eigenvalue weighted by molar-refractivity contribution is 5.89. The second kappa shape index (κ2) is 8.16. The van der Waals surface area contributed by atoms with Crippen LogP contribution < -0.4 is 10.5 Å². The summed E-state index contributed by atoms with van der Waals surface area (Å²) in [7, 11) is 0. The van der Waals surface area contributed by atoms with E-state index in [4.69, 9.17) is 10.5 Å². The third kappa shape index (κ3) is 3.32. The van der Waals surface area contributed by atoms with Crippen molar-refractivity contribution in [3.63, 3.8) is 0 Å². The Hall–Kier alpha value is -4.44. The fourth-order valence-electron chi connectivity index (χ4n) is 4.90. The van der Waals surface area contributed by atoms with Crippen LogP contribution in [0.25, 0.3) is 21.8 Å². The van der Waals surface area contributed by atoms with Crippen LogP contribution in [0.15, 0.2) is 103 Å². The number of aromatic nitrogens is 2. The first-order valence-corrected chi connectivity index (χ1v) is 11.4. The Kier molecular flexibility index (Phi) is 4.84. The Morgan fingerprint density at radius 3 is 1.88 bits per heavy atom. The van der Waals surface area contributed by atoms with Crippen molar-refractivity contribution in [3.8, 4) is 11.5 Å². The maximum atomic E-state index is 6.53. The molecule has 0 aliphatic carbocycles. The largest absolute Gasteiger partial charge is 0.455 e. The van der Waals surface area contributed by atoms with Gasteiger partial charge in [0.15, 0.2) is 5.75 Å². The second-order valence-electron chi connectivity index (χ2n) is 8.65. The molecule has 0 aliphatic heterocycles. The molecule has 34 heavy (non-hydrogen) atoms. The molecule has 0 aliphatic rings. The standard InChI is InChI=1S/C30H25N3O/c1-19-9-8-13-25(31)30(19)34-28-16-7-4-12-22(28)29(23-17-32-26-14-5-2-10-20(23)26)24-18-33-27-15-6-3-11-21(24)27/h2-18,29,32-33H,31H2,1H3. The van der Waals surface area contributed by atoms with Crippen molar-refractivity contribution in [2.45, 2.75) is 12.8 Å². The van der Waals surface area contributed by atoms with Crippen molar-refractivity contribution in [1.29, 1.82) is 0 Å². The average Bonchev–Trinajstić information content (AvgIpc) is 3.48. The molecule has 0 saturated carbocycles. The molecule has 4 N–H and O–H groups in total. The molecule has 0 unspecified atom stereocenters. The first-order chi connectivity index (χ1) is 16.7. The molecule has 2 aromatic heterocycles. The fraction of sp³-hybridized carbons (Fsp3) is 0.0667. The van der Waals surface area contributed by atoms with Crippen LogP contribution in [0.2, 0.25) is 0 Å². The SMILES string of the molecule is Cc1cccc(N)c1Oc1ccccc1C(c1c[nH]c2ccccc12)c1c[nH]c2ccccc12. The lowest BCUT2D eigenvalue weighted by Gasteiger charge is -2.22. The molecule has 0 radical (unpaired) electrons. The molecule has 0 saturated heterocycles. The highest BCUT2D eigenvalue weighted by atomic mass is 16.5. The van der Waals surface area contributed by atoms with Crippen LogP contribution in [0.3, 0.4) is 0 Å². The van der Waals surface area contributed by atoms with Crippen LogP contribution in [-0.4, -0.2) is 9.97 Å². The Bertz CT molecular complexity index is 1530. The molecule has 2 heterocycles. The zero-order valence-electron chi connectivity index (χ0n) is 18.9. The number of ether oxygens (including phenoxy) is 1. The number of fused-ring (bicyclic) bond motifs is 2. The lowest BCUT2D eigenvalue weighted by atomic mass is 9.84. The van der Waals surface area contributed by atoms with Crippen molar-refractivity contribution in [1.82, 2.24) is 9.97 Å². The van der Waals surface area contributed by atoms with Gasteiger partial charge in [-0.25, -0.2) is 0 Å². The van der Waals surface area contributed by atoms with Gasteiger partial charge in [0.25, 0.3) is 0 Å². The molecule has 166 valence electrons. The van der Waals surface area contributed by atoms with Gasteiger partial charge in [-0.05, 0) is 47.9 Å². The number of aromatic amines is 2. The maximum Gasteiger partial charge on any atom is 0.153 e. The summed E-state index contributed by atoms with van der Waals surface area (Å²) in [6.07, 6.45) is 4.24. The van der Waals surface area contributed by atoms with E-state index in [9.17, 15) is 0 Å². The lowest BCUT2D eigenvalue weighted by molar-refractivity contribution is 0.474. The predicted molar refractivity (Wildman–Crippen MR) is 140 cm³/mol. The summed E-state index contributed by atoms with van der Waals surface area (Å²) in [6, 6.07) is 31.0. The number of H-pyrrole nitrogens is 2. The van der Waals surface area contributed by atoms with E-state index in [0.29, 0.717) is 11.4 Å². The van der Waals surface area contributed by atoms with E-state index in [0.717, 1.165) is 27.9 Å². The Labute approximate surface area is 198 Å². The van der Waals surface area contributed by atoms with Crippen molar-refractivity contribution in [2.24, 2.45) is 0 Å². The van der Waals surface area contributed by atoms with Gasteiger partial charge in [-0.2, -0.15) is 0 Å². The molecule has 0 fully saturated rings. The van der Waals surface area contributed by atoms with Crippen molar-refractivity contribution >= 4 is 27.5 Å². The van der Waals surface area contributed by atoms with Gasteiger partial charge in [-0.15, -0.1) is 0 Å².